The van der Waals surface area contributed by atoms with Gasteiger partial charge in [0, 0.05) is 22.8 Å². The maximum atomic E-state index is 12.8. The molecule has 0 fully saturated rings. The average molecular weight is 392 g/mol. The summed E-state index contributed by atoms with van der Waals surface area (Å²) in [6, 6.07) is 4.97. The first-order valence-electron chi connectivity index (χ1n) is 8.46. The molecular formula is C18H18ClN3O3S. The van der Waals surface area contributed by atoms with Crippen LogP contribution in [0.5, 0.6) is 0 Å². The summed E-state index contributed by atoms with van der Waals surface area (Å²) >= 11 is 6.05. The lowest BCUT2D eigenvalue weighted by molar-refractivity contribution is 0.0996. The number of benzene rings is 1. The van der Waals surface area contributed by atoms with Crippen LogP contribution in [0.2, 0.25) is 5.02 Å². The molecule has 2 aromatic rings. The van der Waals surface area contributed by atoms with Crippen molar-refractivity contribution in [2.75, 3.05) is 10.7 Å². The Labute approximate surface area is 157 Å². The third-order valence-electron chi connectivity index (χ3n) is 4.99. The minimum Gasteiger partial charge on any atom is -0.302 e. The number of nitrogens with zero attached hydrogens (tertiary/aromatic N) is 2. The molecule has 1 aromatic heterocycles. The van der Waals surface area contributed by atoms with E-state index in [0.29, 0.717) is 30.0 Å². The zero-order chi connectivity index (χ0) is 18.5. The van der Waals surface area contributed by atoms with Crippen molar-refractivity contribution < 1.29 is 13.2 Å². The minimum atomic E-state index is -3.31. The second-order valence-corrected chi connectivity index (χ2v) is 9.01. The summed E-state index contributed by atoms with van der Waals surface area (Å²) < 4.78 is 26.6. The number of hydrogen-bond acceptors (Lipinski definition) is 4. The van der Waals surface area contributed by atoms with Crippen molar-refractivity contribution in [2.24, 2.45) is 0 Å². The van der Waals surface area contributed by atoms with E-state index in [1.54, 1.807) is 36.4 Å². The molecule has 0 bridgehead atoms. The quantitative estimate of drug-likeness (QED) is 0.869. The van der Waals surface area contributed by atoms with Gasteiger partial charge >= 0.3 is 0 Å². The molecular weight excluding hydrogens is 374 g/mol. The molecule has 136 valence electrons. The number of nitrogens with one attached hydrogen (secondary N) is 1. The number of carbonyl (C=O) groups is 1. The van der Waals surface area contributed by atoms with Crippen LogP contribution in [0.25, 0.3) is 0 Å². The van der Waals surface area contributed by atoms with E-state index >= 15 is 0 Å². The molecule has 4 rings (SSSR count). The van der Waals surface area contributed by atoms with E-state index in [9.17, 15) is 13.2 Å². The monoisotopic (exact) mass is 391 g/mol. The lowest BCUT2D eigenvalue weighted by Gasteiger charge is -2.20. The molecule has 1 aromatic carbocycles. The van der Waals surface area contributed by atoms with E-state index in [2.05, 4.69) is 9.71 Å². The Kier molecular flexibility index (Phi) is 4.25. The molecule has 0 unspecified atom stereocenters. The molecule has 1 atom stereocenters. The molecule has 1 aliphatic carbocycles. The zero-order valence-corrected chi connectivity index (χ0v) is 15.8. The van der Waals surface area contributed by atoms with Crippen LogP contribution in [0, 0.1) is 0 Å². The molecule has 0 saturated carbocycles. The van der Waals surface area contributed by atoms with Crippen LogP contribution in [-0.2, 0) is 23.0 Å². The number of aromatic nitrogens is 1. The number of hydrogen-bond donors (Lipinski definition) is 1. The predicted molar refractivity (Wildman–Crippen MR) is 99.9 cm³/mol. The van der Waals surface area contributed by atoms with Gasteiger partial charge in [-0.15, -0.1) is 0 Å². The maximum absolute atomic E-state index is 12.8. The molecule has 2 heterocycles. The van der Waals surface area contributed by atoms with Gasteiger partial charge in [-0.05, 0) is 54.7 Å². The number of anilines is 1. The Bertz CT molecular complexity index is 1010. The Hall–Kier alpha value is -1.96. The fourth-order valence-electron chi connectivity index (χ4n) is 3.65. The Morgan fingerprint density at radius 3 is 2.92 bits per heavy atom. The topological polar surface area (TPSA) is 79.4 Å². The lowest BCUT2D eigenvalue weighted by atomic mass is 10.1. The van der Waals surface area contributed by atoms with Crippen molar-refractivity contribution in [2.45, 2.75) is 32.4 Å². The molecule has 0 saturated heterocycles. The molecule has 1 N–H and O–H groups in total. The van der Waals surface area contributed by atoms with Crippen molar-refractivity contribution in [3.8, 4) is 0 Å². The van der Waals surface area contributed by atoms with Gasteiger partial charge in [0.2, 0.25) is 10.0 Å². The van der Waals surface area contributed by atoms with Crippen molar-refractivity contribution >= 4 is 33.2 Å². The second-order valence-electron chi connectivity index (χ2n) is 6.53. The SMILES string of the molecule is CCS(=O)(=O)N[C@H]1CCc2c1cncc2N1Cc2cc(Cl)ccc2C1=O. The van der Waals surface area contributed by atoms with Crippen LogP contribution in [0.15, 0.2) is 30.6 Å². The number of amides is 1. The third kappa shape index (κ3) is 2.90. The van der Waals surface area contributed by atoms with Crippen molar-refractivity contribution in [1.29, 1.82) is 0 Å². The van der Waals surface area contributed by atoms with Crippen LogP contribution in [-0.4, -0.2) is 25.1 Å². The van der Waals surface area contributed by atoms with Crippen molar-refractivity contribution in [3.05, 3.63) is 57.9 Å². The zero-order valence-electron chi connectivity index (χ0n) is 14.2. The summed E-state index contributed by atoms with van der Waals surface area (Å²) in [5.41, 5.74) is 4.12. The fourth-order valence-corrected chi connectivity index (χ4v) is 4.69. The highest BCUT2D eigenvalue weighted by Gasteiger charge is 2.34. The standard InChI is InChI=1S/C18H18ClN3O3S/c1-2-26(24,25)21-16-6-5-14-15(16)8-20-9-17(14)22-10-11-7-12(19)3-4-13(11)18(22)23/h3-4,7-9,16,21H,2,5-6,10H2,1H3/t16-/m0/s1. The minimum absolute atomic E-state index is 0.0344. The maximum Gasteiger partial charge on any atom is 0.258 e. The lowest BCUT2D eigenvalue weighted by Crippen LogP contribution is -2.29. The fraction of sp³-hybridized carbons (Fsp3) is 0.333. The van der Waals surface area contributed by atoms with Crippen LogP contribution in [0.1, 0.15) is 46.4 Å². The normalized spacial score (nSPS) is 18.9. The summed E-state index contributed by atoms with van der Waals surface area (Å²) in [5, 5.41) is 0.601. The van der Waals surface area contributed by atoms with Gasteiger partial charge in [0.15, 0.2) is 0 Å². The Morgan fingerprint density at radius 1 is 1.35 bits per heavy atom. The van der Waals surface area contributed by atoms with Gasteiger partial charge in [-0.25, -0.2) is 13.1 Å². The number of halogens is 1. The number of pyridine rings is 1. The van der Waals surface area contributed by atoms with Crippen LogP contribution in [0.4, 0.5) is 5.69 Å². The van der Waals surface area contributed by atoms with Gasteiger partial charge in [-0.3, -0.25) is 9.78 Å². The Morgan fingerprint density at radius 2 is 2.15 bits per heavy atom. The Balaban J connectivity index is 1.69. The number of sulfonamides is 1. The number of rotatable bonds is 4. The van der Waals surface area contributed by atoms with Gasteiger partial charge in [-0.1, -0.05) is 11.6 Å². The molecule has 8 heteroatoms. The molecule has 0 radical (unpaired) electrons. The van der Waals surface area contributed by atoms with Gasteiger partial charge < -0.3 is 4.90 Å². The van der Waals surface area contributed by atoms with E-state index in [0.717, 1.165) is 22.4 Å². The van der Waals surface area contributed by atoms with E-state index in [4.69, 9.17) is 11.6 Å². The van der Waals surface area contributed by atoms with Crippen molar-refractivity contribution in [1.82, 2.24) is 9.71 Å². The molecule has 6 nitrogen and oxygen atoms in total. The molecule has 2 aliphatic rings. The smallest absolute Gasteiger partial charge is 0.258 e. The summed E-state index contributed by atoms with van der Waals surface area (Å²) in [7, 11) is -3.31. The van der Waals surface area contributed by atoms with Crippen LogP contribution < -0.4 is 9.62 Å². The predicted octanol–water partition coefficient (Wildman–Crippen LogP) is 2.82. The van der Waals surface area contributed by atoms with E-state index in [1.807, 2.05) is 6.07 Å². The van der Waals surface area contributed by atoms with Crippen molar-refractivity contribution in [3.63, 3.8) is 0 Å². The summed E-state index contributed by atoms with van der Waals surface area (Å²) in [5.74, 6) is -0.0449. The van der Waals surface area contributed by atoms with Gasteiger partial charge in [0.1, 0.15) is 0 Å². The first-order valence-corrected chi connectivity index (χ1v) is 10.5. The third-order valence-corrected chi connectivity index (χ3v) is 6.63. The highest BCUT2D eigenvalue weighted by molar-refractivity contribution is 7.89. The summed E-state index contributed by atoms with van der Waals surface area (Å²) in [4.78, 5) is 18.8. The average Bonchev–Trinajstić information content (AvgIpc) is 3.16. The van der Waals surface area contributed by atoms with Crippen LogP contribution in [0.3, 0.4) is 0 Å². The first kappa shape index (κ1) is 17.5. The van der Waals surface area contributed by atoms with E-state index in [-0.39, 0.29) is 17.7 Å². The number of fused-ring (bicyclic) bond motifs is 2. The molecule has 0 spiro atoms. The highest BCUT2D eigenvalue weighted by Crippen LogP contribution is 2.39. The van der Waals surface area contributed by atoms with Gasteiger partial charge in [0.05, 0.1) is 24.2 Å². The molecule has 1 amide bonds. The van der Waals surface area contributed by atoms with Gasteiger partial charge in [0.25, 0.3) is 5.91 Å². The molecule has 1 aliphatic heterocycles. The van der Waals surface area contributed by atoms with Gasteiger partial charge in [-0.2, -0.15) is 0 Å². The number of carbonyl (C=O) groups excluding carboxylic acids is 1. The van der Waals surface area contributed by atoms with E-state index < -0.39 is 10.0 Å². The van der Waals surface area contributed by atoms with E-state index in [1.165, 1.54) is 0 Å². The largest absolute Gasteiger partial charge is 0.302 e. The van der Waals surface area contributed by atoms with Crippen LogP contribution >= 0.6 is 11.6 Å². The summed E-state index contributed by atoms with van der Waals surface area (Å²) in [6.07, 6.45) is 4.74. The highest BCUT2D eigenvalue weighted by atomic mass is 35.5. The second kappa shape index (κ2) is 6.33. The first-order chi connectivity index (χ1) is 12.4. The molecule has 26 heavy (non-hydrogen) atoms. The summed E-state index contributed by atoms with van der Waals surface area (Å²) in [6.45, 7) is 2.05.